The molecule has 0 radical (unpaired) electrons. The molecule has 0 spiro atoms. The highest BCUT2D eigenvalue weighted by molar-refractivity contribution is 7.98. The zero-order valence-corrected chi connectivity index (χ0v) is 15.3. The van der Waals surface area contributed by atoms with Crippen LogP contribution in [0.4, 0.5) is 5.69 Å². The normalized spacial score (nSPS) is 10.5. The Hall–Kier alpha value is -1.75. The third-order valence-corrected chi connectivity index (χ3v) is 5.69. The van der Waals surface area contributed by atoms with Gasteiger partial charge in [-0.3, -0.25) is 4.79 Å². The Morgan fingerprint density at radius 3 is 2.67 bits per heavy atom. The van der Waals surface area contributed by atoms with Crippen LogP contribution in [0, 0.1) is 0 Å². The quantitative estimate of drug-likeness (QED) is 0.547. The molecule has 1 N–H and O–H groups in total. The summed E-state index contributed by atoms with van der Waals surface area (Å²) in [4.78, 5) is 13.4. The highest BCUT2D eigenvalue weighted by atomic mass is 35.5. The summed E-state index contributed by atoms with van der Waals surface area (Å²) in [6, 6.07) is 17.4. The lowest BCUT2D eigenvalue weighted by Crippen LogP contribution is -2.15. The minimum atomic E-state index is -0.0633. The third kappa shape index (κ3) is 4.63. The number of thioether (sulfide) groups is 1. The molecule has 1 amide bonds. The van der Waals surface area contributed by atoms with E-state index < -0.39 is 0 Å². The van der Waals surface area contributed by atoms with Crippen LogP contribution in [-0.4, -0.2) is 5.91 Å². The number of hydrogen-bond acceptors (Lipinski definition) is 3. The molecule has 3 rings (SSSR count). The number of carbonyl (C=O) groups is 1. The van der Waals surface area contributed by atoms with Gasteiger partial charge in [-0.1, -0.05) is 41.9 Å². The Balaban J connectivity index is 1.66. The maximum absolute atomic E-state index is 12.3. The second-order valence-corrected chi connectivity index (χ2v) is 7.44. The molecule has 0 saturated carbocycles. The van der Waals surface area contributed by atoms with Gasteiger partial charge in [0.05, 0.1) is 12.1 Å². The van der Waals surface area contributed by atoms with Gasteiger partial charge >= 0.3 is 0 Å². The van der Waals surface area contributed by atoms with Crippen molar-refractivity contribution in [3.63, 3.8) is 0 Å². The Bertz CT molecular complexity index is 818. The van der Waals surface area contributed by atoms with E-state index in [1.165, 1.54) is 5.56 Å². The van der Waals surface area contributed by atoms with Gasteiger partial charge in [-0.15, -0.1) is 11.8 Å². The number of hydrogen-bond donors (Lipinski definition) is 1. The molecule has 0 saturated heterocycles. The second-order valence-electron chi connectivity index (χ2n) is 5.23. The van der Waals surface area contributed by atoms with Crippen molar-refractivity contribution < 1.29 is 4.79 Å². The molecule has 0 atom stereocenters. The van der Waals surface area contributed by atoms with E-state index in [2.05, 4.69) is 22.1 Å². The highest BCUT2D eigenvalue weighted by Gasteiger charge is 2.10. The summed E-state index contributed by atoms with van der Waals surface area (Å²) in [5, 5.41) is 7.84. The number of rotatable bonds is 6. The molecule has 5 heteroatoms. The molecular formula is C19H16ClNOS2. The third-order valence-electron chi connectivity index (χ3n) is 3.44. The van der Waals surface area contributed by atoms with Gasteiger partial charge in [0.1, 0.15) is 0 Å². The number of nitrogens with one attached hydrogen (secondary N) is 1. The van der Waals surface area contributed by atoms with E-state index in [0.29, 0.717) is 5.02 Å². The van der Waals surface area contributed by atoms with Crippen molar-refractivity contribution in [2.75, 3.05) is 5.32 Å². The van der Waals surface area contributed by atoms with Crippen LogP contribution in [0.1, 0.15) is 11.1 Å². The van der Waals surface area contributed by atoms with Gasteiger partial charge in [0.25, 0.3) is 0 Å². The van der Waals surface area contributed by atoms with E-state index in [-0.39, 0.29) is 12.3 Å². The summed E-state index contributed by atoms with van der Waals surface area (Å²) in [6.07, 6.45) is 0.267. The standard InChI is InChI=1S/C19H16ClNOS2/c20-16-6-2-1-5-15(16)11-19(22)21-17-7-3-4-8-18(17)24-13-14-9-10-23-12-14/h1-10,12H,11,13H2,(H,21,22). The molecule has 122 valence electrons. The lowest BCUT2D eigenvalue weighted by atomic mass is 10.1. The van der Waals surface area contributed by atoms with Gasteiger partial charge in [0.15, 0.2) is 0 Å². The highest BCUT2D eigenvalue weighted by Crippen LogP contribution is 2.30. The number of carbonyl (C=O) groups excluding carboxylic acids is 1. The molecule has 0 fully saturated rings. The molecule has 0 aliphatic carbocycles. The van der Waals surface area contributed by atoms with E-state index in [9.17, 15) is 4.79 Å². The molecule has 1 aromatic heterocycles. The van der Waals surface area contributed by atoms with Crippen molar-refractivity contribution in [3.05, 3.63) is 81.5 Å². The SMILES string of the molecule is O=C(Cc1ccccc1Cl)Nc1ccccc1SCc1ccsc1. The molecule has 3 aromatic rings. The number of halogens is 1. The van der Waals surface area contributed by atoms with Crippen LogP contribution in [0.2, 0.25) is 5.02 Å². The Labute approximate surface area is 154 Å². The summed E-state index contributed by atoms with van der Waals surface area (Å²) < 4.78 is 0. The molecule has 0 unspecified atom stereocenters. The smallest absolute Gasteiger partial charge is 0.228 e. The Kier molecular flexibility index (Phi) is 5.96. The van der Waals surface area contributed by atoms with Crippen LogP contribution in [0.3, 0.4) is 0 Å². The Morgan fingerprint density at radius 2 is 1.88 bits per heavy atom. The van der Waals surface area contributed by atoms with Crippen molar-refractivity contribution in [1.82, 2.24) is 0 Å². The lowest BCUT2D eigenvalue weighted by Gasteiger charge is -2.11. The van der Waals surface area contributed by atoms with Gasteiger partial charge in [-0.05, 0) is 46.2 Å². The van der Waals surface area contributed by atoms with Gasteiger partial charge in [-0.25, -0.2) is 0 Å². The van der Waals surface area contributed by atoms with E-state index in [0.717, 1.165) is 21.9 Å². The number of amides is 1. The first-order valence-corrected chi connectivity index (χ1v) is 9.79. The largest absolute Gasteiger partial charge is 0.325 e. The van der Waals surface area contributed by atoms with Gasteiger partial charge in [0, 0.05) is 15.7 Å². The van der Waals surface area contributed by atoms with Crippen LogP contribution in [0.5, 0.6) is 0 Å². The van der Waals surface area contributed by atoms with Crippen LogP contribution in [-0.2, 0) is 17.0 Å². The summed E-state index contributed by atoms with van der Waals surface area (Å²) in [5.74, 6) is 0.827. The topological polar surface area (TPSA) is 29.1 Å². The Morgan fingerprint density at radius 1 is 1.08 bits per heavy atom. The van der Waals surface area contributed by atoms with Crippen molar-refractivity contribution >= 4 is 46.3 Å². The van der Waals surface area contributed by atoms with E-state index in [4.69, 9.17) is 11.6 Å². The summed E-state index contributed by atoms with van der Waals surface area (Å²) in [7, 11) is 0. The van der Waals surface area contributed by atoms with Crippen molar-refractivity contribution in [2.45, 2.75) is 17.1 Å². The molecule has 24 heavy (non-hydrogen) atoms. The predicted octanol–water partition coefficient (Wildman–Crippen LogP) is 5.88. The molecule has 1 heterocycles. The first-order chi connectivity index (χ1) is 11.7. The molecule has 0 aliphatic heterocycles. The van der Waals surface area contributed by atoms with Crippen LogP contribution in [0.25, 0.3) is 0 Å². The summed E-state index contributed by atoms with van der Waals surface area (Å²) >= 11 is 9.54. The van der Waals surface area contributed by atoms with Crippen LogP contribution >= 0.6 is 34.7 Å². The molecule has 0 bridgehead atoms. The number of thiophene rings is 1. The van der Waals surface area contributed by atoms with E-state index in [1.54, 1.807) is 29.2 Å². The van der Waals surface area contributed by atoms with Gasteiger partial charge in [-0.2, -0.15) is 11.3 Å². The molecule has 2 aromatic carbocycles. The zero-order valence-electron chi connectivity index (χ0n) is 12.9. The van der Waals surface area contributed by atoms with Crippen LogP contribution in [0.15, 0.2) is 70.3 Å². The van der Waals surface area contributed by atoms with Gasteiger partial charge < -0.3 is 5.32 Å². The molecular weight excluding hydrogens is 358 g/mol. The maximum Gasteiger partial charge on any atom is 0.228 e. The zero-order chi connectivity index (χ0) is 16.8. The minimum Gasteiger partial charge on any atom is -0.325 e. The van der Waals surface area contributed by atoms with Crippen molar-refractivity contribution in [3.8, 4) is 0 Å². The fourth-order valence-electron chi connectivity index (χ4n) is 2.24. The van der Waals surface area contributed by atoms with Crippen molar-refractivity contribution in [2.24, 2.45) is 0 Å². The van der Waals surface area contributed by atoms with E-state index in [1.807, 2.05) is 42.5 Å². The summed E-state index contributed by atoms with van der Waals surface area (Å²) in [6.45, 7) is 0. The average molecular weight is 374 g/mol. The number of benzene rings is 2. The average Bonchev–Trinajstić information content (AvgIpc) is 3.10. The number of para-hydroxylation sites is 1. The minimum absolute atomic E-state index is 0.0633. The van der Waals surface area contributed by atoms with E-state index >= 15 is 0 Å². The second kappa shape index (κ2) is 8.38. The monoisotopic (exact) mass is 373 g/mol. The predicted molar refractivity (Wildman–Crippen MR) is 104 cm³/mol. The lowest BCUT2D eigenvalue weighted by molar-refractivity contribution is -0.115. The summed E-state index contributed by atoms with van der Waals surface area (Å²) in [5.41, 5.74) is 2.97. The van der Waals surface area contributed by atoms with Crippen LogP contribution < -0.4 is 5.32 Å². The fraction of sp³-hybridized carbons (Fsp3) is 0.105. The maximum atomic E-state index is 12.3. The van der Waals surface area contributed by atoms with Crippen molar-refractivity contribution in [1.29, 1.82) is 0 Å². The number of anilines is 1. The molecule has 0 aliphatic rings. The first kappa shape index (κ1) is 17.1. The first-order valence-electron chi connectivity index (χ1n) is 7.48. The molecule has 2 nitrogen and oxygen atoms in total. The van der Waals surface area contributed by atoms with Gasteiger partial charge in [0.2, 0.25) is 5.91 Å². The fourth-order valence-corrected chi connectivity index (χ4v) is 4.17.